The van der Waals surface area contributed by atoms with Crippen LogP contribution in [0, 0.1) is 5.92 Å². The Morgan fingerprint density at radius 1 is 1.06 bits per heavy atom. The molecule has 0 aliphatic rings. The number of likely N-dealkylation sites (N-methyl/N-ethyl adjacent to an activating group) is 1. The van der Waals surface area contributed by atoms with Crippen molar-refractivity contribution in [3.63, 3.8) is 0 Å². The number of benzene rings is 2. The third-order valence-corrected chi connectivity index (χ3v) is 4.52. The Hall–Kier alpha value is -3.16. The van der Waals surface area contributed by atoms with Gasteiger partial charge in [-0.3, -0.25) is 9.59 Å². The number of rotatable bonds is 10. The Labute approximate surface area is 181 Å². The Bertz CT molecular complexity index is 875. The summed E-state index contributed by atoms with van der Waals surface area (Å²) in [5.74, 6) is -0.288. The molecule has 0 aromatic heterocycles. The summed E-state index contributed by atoms with van der Waals surface area (Å²) in [6, 6.07) is 12.7. The van der Waals surface area contributed by atoms with E-state index in [1.165, 1.54) is 24.1 Å². The minimum atomic E-state index is -2.97. The Balaban J connectivity index is 2.19. The fourth-order valence-electron chi connectivity index (χ4n) is 3.10. The van der Waals surface area contributed by atoms with Crippen LogP contribution >= 0.6 is 0 Å². The van der Waals surface area contributed by atoms with Gasteiger partial charge in [-0.05, 0) is 29.2 Å². The molecule has 0 saturated heterocycles. The highest BCUT2D eigenvalue weighted by Crippen LogP contribution is 2.30. The van der Waals surface area contributed by atoms with Gasteiger partial charge in [0.25, 0.3) is 0 Å². The van der Waals surface area contributed by atoms with Crippen LogP contribution in [0.3, 0.4) is 0 Å². The maximum Gasteiger partial charge on any atom is 0.387 e. The van der Waals surface area contributed by atoms with Crippen LogP contribution in [0.2, 0.25) is 0 Å². The SMILES string of the molecule is COc1cc(CN(C)C(=O)C(NC(=O)CC(C)C)c2ccccc2)ccc1OC(F)F. The van der Waals surface area contributed by atoms with Crippen molar-refractivity contribution in [2.24, 2.45) is 5.92 Å². The lowest BCUT2D eigenvalue weighted by Gasteiger charge is -2.25. The molecule has 0 bridgehead atoms. The molecule has 0 aliphatic heterocycles. The van der Waals surface area contributed by atoms with E-state index in [-0.39, 0.29) is 35.8 Å². The highest BCUT2D eigenvalue weighted by atomic mass is 19.3. The number of amides is 2. The number of ether oxygens (including phenoxy) is 2. The first-order valence-corrected chi connectivity index (χ1v) is 9.92. The molecule has 2 amide bonds. The van der Waals surface area contributed by atoms with Gasteiger partial charge in [-0.2, -0.15) is 8.78 Å². The van der Waals surface area contributed by atoms with Crippen molar-refractivity contribution >= 4 is 11.8 Å². The number of carbonyl (C=O) groups is 2. The fraction of sp³-hybridized carbons (Fsp3) is 0.391. The van der Waals surface area contributed by atoms with Crippen LogP contribution < -0.4 is 14.8 Å². The minimum absolute atomic E-state index is 0.0849. The molecule has 6 nitrogen and oxygen atoms in total. The number of hydrogen-bond acceptors (Lipinski definition) is 4. The second-order valence-electron chi connectivity index (χ2n) is 7.57. The lowest BCUT2D eigenvalue weighted by Crippen LogP contribution is -2.41. The van der Waals surface area contributed by atoms with E-state index in [1.807, 2.05) is 19.9 Å². The molecule has 2 aromatic rings. The van der Waals surface area contributed by atoms with Gasteiger partial charge in [0.05, 0.1) is 7.11 Å². The number of carbonyl (C=O) groups excluding carboxylic acids is 2. The summed E-state index contributed by atoms with van der Waals surface area (Å²) in [5, 5.41) is 2.83. The molecule has 8 heteroatoms. The van der Waals surface area contributed by atoms with Crippen molar-refractivity contribution in [3.8, 4) is 11.5 Å². The van der Waals surface area contributed by atoms with E-state index < -0.39 is 12.7 Å². The molecule has 2 rings (SSSR count). The van der Waals surface area contributed by atoms with Crippen molar-refractivity contribution in [2.75, 3.05) is 14.2 Å². The van der Waals surface area contributed by atoms with Crippen LogP contribution in [-0.4, -0.2) is 37.5 Å². The summed E-state index contributed by atoms with van der Waals surface area (Å²) in [4.78, 5) is 27.0. The van der Waals surface area contributed by atoms with Gasteiger partial charge in [0.2, 0.25) is 11.8 Å². The molecule has 1 N–H and O–H groups in total. The smallest absolute Gasteiger partial charge is 0.387 e. The zero-order chi connectivity index (χ0) is 23.0. The molecule has 0 spiro atoms. The highest BCUT2D eigenvalue weighted by molar-refractivity contribution is 5.88. The zero-order valence-corrected chi connectivity index (χ0v) is 18.1. The average Bonchev–Trinajstić information content (AvgIpc) is 2.72. The van der Waals surface area contributed by atoms with Crippen LogP contribution in [0.15, 0.2) is 48.5 Å². The lowest BCUT2D eigenvalue weighted by atomic mass is 10.0. The van der Waals surface area contributed by atoms with Gasteiger partial charge >= 0.3 is 6.61 Å². The summed E-state index contributed by atoms with van der Waals surface area (Å²) >= 11 is 0. The van der Waals surface area contributed by atoms with Crippen LogP contribution in [0.1, 0.15) is 37.4 Å². The van der Waals surface area contributed by atoms with Crippen LogP contribution in [0.25, 0.3) is 0 Å². The van der Waals surface area contributed by atoms with Crippen molar-refractivity contribution in [1.82, 2.24) is 10.2 Å². The number of halogens is 2. The maximum absolute atomic E-state index is 13.2. The predicted octanol–water partition coefficient (Wildman–Crippen LogP) is 4.16. The molecular formula is C23H28F2N2O4. The van der Waals surface area contributed by atoms with E-state index in [2.05, 4.69) is 10.1 Å². The van der Waals surface area contributed by atoms with Crippen molar-refractivity contribution < 1.29 is 27.8 Å². The molecule has 1 atom stereocenters. The number of hydrogen-bond donors (Lipinski definition) is 1. The Morgan fingerprint density at radius 2 is 1.74 bits per heavy atom. The summed E-state index contributed by atoms with van der Waals surface area (Å²) in [6.45, 7) is 1.08. The number of nitrogens with one attached hydrogen (secondary N) is 1. The van der Waals surface area contributed by atoms with Gasteiger partial charge in [0.1, 0.15) is 6.04 Å². The van der Waals surface area contributed by atoms with Gasteiger partial charge in [0, 0.05) is 20.0 Å². The van der Waals surface area contributed by atoms with Gasteiger partial charge in [-0.25, -0.2) is 0 Å². The monoisotopic (exact) mass is 434 g/mol. The van der Waals surface area contributed by atoms with Crippen molar-refractivity contribution in [3.05, 3.63) is 59.7 Å². The van der Waals surface area contributed by atoms with Gasteiger partial charge < -0.3 is 19.7 Å². The van der Waals surface area contributed by atoms with Gasteiger partial charge in [-0.15, -0.1) is 0 Å². The molecule has 31 heavy (non-hydrogen) atoms. The third-order valence-electron chi connectivity index (χ3n) is 4.52. The molecule has 168 valence electrons. The summed E-state index contributed by atoms with van der Waals surface area (Å²) < 4.78 is 34.6. The second-order valence-corrected chi connectivity index (χ2v) is 7.57. The molecule has 0 heterocycles. The Kier molecular flexibility index (Phi) is 8.78. The van der Waals surface area contributed by atoms with E-state index >= 15 is 0 Å². The van der Waals surface area contributed by atoms with Crippen LogP contribution in [0.4, 0.5) is 8.78 Å². The fourth-order valence-corrected chi connectivity index (χ4v) is 3.10. The standard InChI is InChI=1S/C23H28F2N2O4/c1-15(2)12-20(28)26-21(17-8-6-5-7-9-17)22(29)27(3)14-16-10-11-18(31-23(24)25)19(13-16)30-4/h5-11,13,15,21,23H,12,14H2,1-4H3,(H,26,28). The number of alkyl halides is 2. The van der Waals surface area contributed by atoms with Crippen LogP contribution in [-0.2, 0) is 16.1 Å². The molecule has 0 radical (unpaired) electrons. The van der Waals surface area contributed by atoms with E-state index in [0.717, 1.165) is 0 Å². The van der Waals surface area contributed by atoms with E-state index in [1.54, 1.807) is 37.4 Å². The maximum atomic E-state index is 13.2. The van der Waals surface area contributed by atoms with E-state index in [4.69, 9.17) is 4.74 Å². The molecule has 0 saturated carbocycles. The second kappa shape index (κ2) is 11.3. The first kappa shape index (κ1) is 24.1. The first-order valence-electron chi connectivity index (χ1n) is 9.92. The topological polar surface area (TPSA) is 67.9 Å². The molecular weight excluding hydrogens is 406 g/mol. The van der Waals surface area contributed by atoms with Crippen molar-refractivity contribution in [2.45, 2.75) is 39.5 Å². The van der Waals surface area contributed by atoms with Gasteiger partial charge in [0.15, 0.2) is 11.5 Å². The third kappa shape index (κ3) is 7.24. The molecule has 2 aromatic carbocycles. The summed E-state index contributed by atoms with van der Waals surface area (Å²) in [7, 11) is 2.96. The van der Waals surface area contributed by atoms with Gasteiger partial charge in [-0.1, -0.05) is 50.2 Å². The summed E-state index contributed by atoms with van der Waals surface area (Å²) in [5.41, 5.74) is 1.34. The average molecular weight is 434 g/mol. The van der Waals surface area contributed by atoms with Crippen molar-refractivity contribution in [1.29, 1.82) is 0 Å². The minimum Gasteiger partial charge on any atom is -0.493 e. The highest BCUT2D eigenvalue weighted by Gasteiger charge is 2.26. The number of methoxy groups -OCH3 is 1. The quantitative estimate of drug-likeness (QED) is 0.610. The largest absolute Gasteiger partial charge is 0.493 e. The Morgan fingerprint density at radius 3 is 2.32 bits per heavy atom. The lowest BCUT2D eigenvalue weighted by molar-refractivity contribution is -0.136. The summed E-state index contributed by atoms with van der Waals surface area (Å²) in [6.07, 6.45) is 0.309. The normalized spacial score (nSPS) is 11.9. The molecule has 0 aliphatic carbocycles. The molecule has 1 unspecified atom stereocenters. The van der Waals surface area contributed by atoms with E-state index in [9.17, 15) is 18.4 Å². The predicted molar refractivity (Wildman–Crippen MR) is 113 cm³/mol. The first-order chi connectivity index (χ1) is 14.7. The number of nitrogens with zero attached hydrogens (tertiary/aromatic N) is 1. The zero-order valence-electron chi connectivity index (χ0n) is 18.1. The van der Waals surface area contributed by atoms with Crippen LogP contribution in [0.5, 0.6) is 11.5 Å². The molecule has 0 fully saturated rings. The van der Waals surface area contributed by atoms with E-state index in [0.29, 0.717) is 17.5 Å².